The van der Waals surface area contributed by atoms with Crippen LogP contribution in [-0.2, 0) is 27.4 Å². The molecule has 4 N–H and O–H groups in total. The first-order valence-corrected chi connectivity index (χ1v) is 18.5. The Hall–Kier alpha value is -2.91. The molecule has 0 aromatic heterocycles. The van der Waals surface area contributed by atoms with Gasteiger partial charge in [-0.3, -0.25) is 9.59 Å². The van der Waals surface area contributed by atoms with Gasteiger partial charge in [-0.25, -0.2) is 0 Å². The van der Waals surface area contributed by atoms with Gasteiger partial charge in [-0.1, -0.05) is 39.3 Å². The topological polar surface area (TPSA) is 147 Å². The molecule has 0 aliphatic heterocycles. The molecule has 2 aromatic rings. The van der Waals surface area contributed by atoms with Crippen LogP contribution in [-0.4, -0.2) is 96.9 Å². The number of amides is 2. The van der Waals surface area contributed by atoms with E-state index in [0.29, 0.717) is 56.1 Å². The zero-order valence-electron chi connectivity index (χ0n) is 29.8. The van der Waals surface area contributed by atoms with Crippen LogP contribution < -0.4 is 19.5 Å². The second-order valence-corrected chi connectivity index (χ2v) is 14.8. The van der Waals surface area contributed by atoms with Gasteiger partial charge in [0.1, 0.15) is 24.6 Å². The van der Waals surface area contributed by atoms with Gasteiger partial charge in [0.05, 0.1) is 43.1 Å². The maximum Gasteiger partial charge on any atom is 0.248 e. The summed E-state index contributed by atoms with van der Waals surface area (Å²) < 4.78 is 24.5. The molecule has 0 spiro atoms. The highest BCUT2D eigenvalue weighted by Gasteiger charge is 2.41. The molecule has 0 heterocycles. The van der Waals surface area contributed by atoms with Crippen LogP contribution >= 0.6 is 22.6 Å². The number of halogens is 1. The predicted molar refractivity (Wildman–Crippen MR) is 198 cm³/mol. The number of benzene rings is 2. The Labute approximate surface area is 309 Å². The van der Waals surface area contributed by atoms with Crippen LogP contribution in [0, 0.1) is 21.3 Å². The lowest BCUT2D eigenvalue weighted by Gasteiger charge is -2.41. The second kappa shape index (κ2) is 19.1. The van der Waals surface area contributed by atoms with Crippen molar-refractivity contribution in [2.24, 2.45) is 17.8 Å². The molecule has 276 valence electrons. The number of hydrogen-bond acceptors (Lipinski definition) is 9. The van der Waals surface area contributed by atoms with Gasteiger partial charge in [-0.2, -0.15) is 0 Å². The monoisotopic (exact) mass is 808 g/mol. The van der Waals surface area contributed by atoms with Gasteiger partial charge in [-0.05, 0) is 101 Å². The fourth-order valence-electron chi connectivity index (χ4n) is 7.02. The molecule has 50 heavy (non-hydrogen) atoms. The third kappa shape index (κ3) is 10.3. The van der Waals surface area contributed by atoms with Crippen LogP contribution in [0.2, 0.25) is 0 Å². The molecule has 0 bridgehead atoms. The van der Waals surface area contributed by atoms with E-state index >= 15 is 0 Å². The SMILES string of the molecule is COc1cccc(CCN(C(=O)CO[C@H]2C[C@@H](C)CC[C@@H]2C(C)C)[C@@H]2CC(C(=O)NCCO)=C[C@H](Oc3c(I)cc(CO)cc3OC)[C@H]2O)c1. The Kier molecular flexibility index (Phi) is 15.2. The van der Waals surface area contributed by atoms with Crippen LogP contribution in [0.4, 0.5) is 0 Å². The molecule has 2 amide bonds. The minimum atomic E-state index is -1.23. The summed E-state index contributed by atoms with van der Waals surface area (Å²) in [7, 11) is 3.09. The van der Waals surface area contributed by atoms with Crippen molar-refractivity contribution in [3.63, 3.8) is 0 Å². The molecule has 11 nitrogen and oxygen atoms in total. The number of rotatable bonds is 16. The van der Waals surface area contributed by atoms with Gasteiger partial charge in [0, 0.05) is 25.1 Å². The van der Waals surface area contributed by atoms with Crippen molar-refractivity contribution < 1.29 is 43.9 Å². The zero-order valence-corrected chi connectivity index (χ0v) is 31.9. The normalized spacial score (nSPS) is 23.6. The van der Waals surface area contributed by atoms with Crippen LogP contribution in [0.3, 0.4) is 0 Å². The second-order valence-electron chi connectivity index (χ2n) is 13.6. The number of hydrogen-bond donors (Lipinski definition) is 4. The Morgan fingerprint density at radius 2 is 1.86 bits per heavy atom. The van der Waals surface area contributed by atoms with Crippen molar-refractivity contribution in [3.05, 3.63) is 62.7 Å². The van der Waals surface area contributed by atoms with Gasteiger partial charge in [0.15, 0.2) is 11.5 Å². The molecular formula is C38H53IN2O9. The van der Waals surface area contributed by atoms with E-state index in [2.05, 4.69) is 48.7 Å². The van der Waals surface area contributed by atoms with E-state index in [1.807, 2.05) is 24.3 Å². The van der Waals surface area contributed by atoms with Gasteiger partial charge >= 0.3 is 0 Å². The number of methoxy groups -OCH3 is 2. The minimum absolute atomic E-state index is 0.0480. The number of aliphatic hydroxyl groups excluding tert-OH is 3. The summed E-state index contributed by atoms with van der Waals surface area (Å²) in [6.45, 7) is 6.32. The van der Waals surface area contributed by atoms with E-state index in [0.717, 1.165) is 24.8 Å². The first-order chi connectivity index (χ1) is 24.0. The molecule has 2 aliphatic rings. The highest BCUT2D eigenvalue weighted by molar-refractivity contribution is 14.1. The molecule has 2 aromatic carbocycles. The summed E-state index contributed by atoms with van der Waals surface area (Å²) in [5.41, 5.74) is 1.89. The van der Waals surface area contributed by atoms with Crippen molar-refractivity contribution in [2.75, 3.05) is 40.5 Å². The Balaban J connectivity index is 1.68. The summed E-state index contributed by atoms with van der Waals surface area (Å²) in [4.78, 5) is 29.3. The lowest BCUT2D eigenvalue weighted by Crippen LogP contribution is -2.56. The van der Waals surface area contributed by atoms with E-state index in [1.165, 1.54) is 7.11 Å². The molecule has 1 saturated carbocycles. The summed E-state index contributed by atoms with van der Waals surface area (Å²) in [5.74, 6) is 1.96. The molecule has 0 unspecified atom stereocenters. The quantitative estimate of drug-likeness (QED) is 0.183. The van der Waals surface area contributed by atoms with E-state index in [4.69, 9.17) is 18.9 Å². The van der Waals surface area contributed by atoms with Crippen molar-refractivity contribution in [1.29, 1.82) is 0 Å². The molecule has 12 heteroatoms. The summed E-state index contributed by atoms with van der Waals surface area (Å²) >= 11 is 2.08. The fourth-order valence-corrected chi connectivity index (χ4v) is 7.81. The molecule has 0 saturated heterocycles. The predicted octanol–water partition coefficient (Wildman–Crippen LogP) is 4.26. The standard InChI is InChI=1S/C38H53IN2O9/c1-23(2)29-10-9-24(3)15-32(29)49-22-35(44)41(13-11-25-7-6-8-28(16-25)47-4)31-19-27(38(46)40-12-14-42)20-33(36(31)45)50-37-30(39)17-26(21-43)18-34(37)48-5/h6-8,16-18,20,23-24,29,31-33,36,42-43,45H,9-15,19,21-22H2,1-5H3,(H,40,46)/t24-,29+,31+,32-,33-,36-/m0/s1. The summed E-state index contributed by atoms with van der Waals surface area (Å²) in [6.07, 6.45) is 2.86. The maximum atomic E-state index is 14.3. The Bertz CT molecular complexity index is 1470. The average molecular weight is 809 g/mol. The Morgan fingerprint density at radius 1 is 1.08 bits per heavy atom. The van der Waals surface area contributed by atoms with Crippen molar-refractivity contribution >= 4 is 34.4 Å². The number of ether oxygens (including phenoxy) is 4. The number of carbonyl (C=O) groups is 2. The fraction of sp³-hybridized carbons (Fsp3) is 0.579. The highest BCUT2D eigenvalue weighted by Crippen LogP contribution is 2.38. The number of nitrogens with zero attached hydrogens (tertiary/aromatic N) is 1. The summed E-state index contributed by atoms with van der Waals surface area (Å²) in [5, 5.41) is 33.8. The molecule has 1 fully saturated rings. The minimum Gasteiger partial charge on any atom is -0.497 e. The first-order valence-electron chi connectivity index (χ1n) is 17.4. The molecule has 0 radical (unpaired) electrons. The maximum absolute atomic E-state index is 14.3. The van der Waals surface area contributed by atoms with Crippen LogP contribution in [0.25, 0.3) is 0 Å². The van der Waals surface area contributed by atoms with E-state index in [-0.39, 0.29) is 51.3 Å². The molecule has 4 rings (SSSR count). The van der Waals surface area contributed by atoms with Gasteiger partial charge in [-0.15, -0.1) is 0 Å². The van der Waals surface area contributed by atoms with E-state index in [1.54, 1.807) is 30.2 Å². The molecular weight excluding hydrogens is 755 g/mol. The Morgan fingerprint density at radius 3 is 2.54 bits per heavy atom. The van der Waals surface area contributed by atoms with Crippen LogP contribution in [0.5, 0.6) is 17.2 Å². The third-order valence-electron chi connectivity index (χ3n) is 9.82. The van der Waals surface area contributed by atoms with Gasteiger partial charge < -0.3 is 44.5 Å². The molecule has 2 aliphatic carbocycles. The smallest absolute Gasteiger partial charge is 0.248 e. The number of carbonyl (C=O) groups excluding carboxylic acids is 2. The van der Waals surface area contributed by atoms with E-state index in [9.17, 15) is 24.9 Å². The van der Waals surface area contributed by atoms with Crippen molar-refractivity contribution in [2.45, 2.75) is 83.8 Å². The zero-order chi connectivity index (χ0) is 36.4. The van der Waals surface area contributed by atoms with Gasteiger partial charge in [0.25, 0.3) is 0 Å². The lowest BCUT2D eigenvalue weighted by atomic mass is 9.75. The van der Waals surface area contributed by atoms with E-state index < -0.39 is 24.2 Å². The largest absolute Gasteiger partial charge is 0.497 e. The molecule has 6 atom stereocenters. The van der Waals surface area contributed by atoms with Crippen LogP contribution in [0.1, 0.15) is 57.6 Å². The van der Waals surface area contributed by atoms with Gasteiger partial charge in [0.2, 0.25) is 11.8 Å². The lowest BCUT2D eigenvalue weighted by molar-refractivity contribution is -0.148. The third-order valence-corrected chi connectivity index (χ3v) is 10.6. The first kappa shape index (κ1) is 39.9. The number of nitrogens with one attached hydrogen (secondary N) is 1. The van der Waals surface area contributed by atoms with Crippen molar-refractivity contribution in [3.8, 4) is 17.2 Å². The summed E-state index contributed by atoms with van der Waals surface area (Å²) in [6, 6.07) is 10.2. The highest BCUT2D eigenvalue weighted by atomic mass is 127. The number of aliphatic hydroxyl groups is 3. The van der Waals surface area contributed by atoms with Crippen LogP contribution in [0.15, 0.2) is 48.0 Å². The average Bonchev–Trinajstić information content (AvgIpc) is 3.11. The van der Waals surface area contributed by atoms with Crippen molar-refractivity contribution in [1.82, 2.24) is 10.2 Å².